The minimum atomic E-state index is -1.16. The van der Waals surface area contributed by atoms with E-state index >= 15 is 0 Å². The summed E-state index contributed by atoms with van der Waals surface area (Å²) in [5.41, 5.74) is -0.0499. The number of amides is 1. The molecule has 0 aliphatic heterocycles. The zero-order chi connectivity index (χ0) is 14.0. The number of carboxylic acids is 1. The number of benzene rings is 1. The van der Waals surface area contributed by atoms with Crippen LogP contribution in [0.5, 0.6) is 5.75 Å². The first-order chi connectivity index (χ1) is 8.97. The van der Waals surface area contributed by atoms with E-state index in [0.717, 1.165) is 6.07 Å². The summed E-state index contributed by atoms with van der Waals surface area (Å²) >= 11 is 3.06. The van der Waals surface area contributed by atoms with Crippen molar-refractivity contribution in [3.63, 3.8) is 0 Å². The van der Waals surface area contributed by atoms with Crippen molar-refractivity contribution in [2.24, 2.45) is 0 Å². The fourth-order valence-electron chi connectivity index (χ4n) is 1.39. The van der Waals surface area contributed by atoms with E-state index in [4.69, 9.17) is 9.52 Å². The number of aromatic carboxylic acids is 1. The van der Waals surface area contributed by atoms with Gasteiger partial charge in [-0.2, -0.15) is 0 Å². The highest BCUT2D eigenvalue weighted by atomic mass is 79.9. The van der Waals surface area contributed by atoms with Crippen molar-refractivity contribution >= 4 is 33.5 Å². The van der Waals surface area contributed by atoms with E-state index in [0.29, 0.717) is 4.67 Å². The maximum atomic E-state index is 11.8. The smallest absolute Gasteiger partial charge is 0.335 e. The fraction of sp³-hybridized carbons (Fsp3) is 0. The van der Waals surface area contributed by atoms with Crippen molar-refractivity contribution in [3.8, 4) is 5.75 Å². The van der Waals surface area contributed by atoms with Crippen molar-refractivity contribution in [1.82, 2.24) is 0 Å². The molecule has 0 atom stereocenters. The van der Waals surface area contributed by atoms with Gasteiger partial charge < -0.3 is 19.9 Å². The second kappa shape index (κ2) is 5.15. The van der Waals surface area contributed by atoms with Crippen LogP contribution in [-0.2, 0) is 0 Å². The van der Waals surface area contributed by atoms with Crippen molar-refractivity contribution in [3.05, 3.63) is 46.3 Å². The highest BCUT2D eigenvalue weighted by Crippen LogP contribution is 2.25. The Balaban J connectivity index is 2.25. The fourth-order valence-corrected chi connectivity index (χ4v) is 1.70. The molecule has 0 unspecified atom stereocenters. The van der Waals surface area contributed by atoms with Crippen molar-refractivity contribution in [1.29, 1.82) is 0 Å². The van der Waals surface area contributed by atoms with Gasteiger partial charge in [0.2, 0.25) is 0 Å². The number of hydrogen-bond donors (Lipinski definition) is 3. The molecule has 0 spiro atoms. The number of rotatable bonds is 3. The third kappa shape index (κ3) is 2.94. The first kappa shape index (κ1) is 13.2. The normalized spacial score (nSPS) is 10.2. The molecule has 0 saturated carbocycles. The summed E-state index contributed by atoms with van der Waals surface area (Å²) in [6, 6.07) is 6.57. The summed E-state index contributed by atoms with van der Waals surface area (Å²) in [5.74, 6) is -1.95. The predicted octanol–water partition coefficient (Wildman–Crippen LogP) is 2.70. The molecule has 1 aromatic carbocycles. The Labute approximate surface area is 115 Å². The number of anilines is 1. The Hall–Kier alpha value is -2.28. The van der Waals surface area contributed by atoms with E-state index < -0.39 is 11.9 Å². The number of furan rings is 1. The van der Waals surface area contributed by atoms with Crippen molar-refractivity contribution in [2.75, 3.05) is 5.32 Å². The molecule has 98 valence electrons. The Morgan fingerprint density at radius 2 is 1.95 bits per heavy atom. The van der Waals surface area contributed by atoms with Crippen LogP contribution < -0.4 is 5.32 Å². The maximum absolute atomic E-state index is 11.8. The Morgan fingerprint density at radius 1 is 1.21 bits per heavy atom. The number of phenolic OH excluding ortho intramolecular Hbond substituents is 1. The molecule has 0 bridgehead atoms. The van der Waals surface area contributed by atoms with E-state index in [9.17, 15) is 14.7 Å². The van der Waals surface area contributed by atoms with Crippen LogP contribution in [0, 0.1) is 0 Å². The van der Waals surface area contributed by atoms with Gasteiger partial charge in [0.25, 0.3) is 5.91 Å². The van der Waals surface area contributed by atoms with Crippen LogP contribution in [-0.4, -0.2) is 22.1 Å². The van der Waals surface area contributed by atoms with Gasteiger partial charge >= 0.3 is 5.97 Å². The number of carbonyl (C=O) groups is 2. The van der Waals surface area contributed by atoms with Gasteiger partial charge in [-0.25, -0.2) is 4.79 Å². The highest BCUT2D eigenvalue weighted by molar-refractivity contribution is 9.10. The van der Waals surface area contributed by atoms with Gasteiger partial charge in [-0.05, 0) is 46.3 Å². The highest BCUT2D eigenvalue weighted by Gasteiger charge is 2.14. The number of aromatic hydroxyl groups is 1. The number of hydrogen-bond acceptors (Lipinski definition) is 4. The number of phenols is 1. The molecule has 0 saturated heterocycles. The summed E-state index contributed by atoms with van der Waals surface area (Å²) in [6.07, 6.45) is 0. The van der Waals surface area contributed by atoms with E-state index in [1.54, 1.807) is 6.07 Å². The van der Waals surface area contributed by atoms with Crippen molar-refractivity contribution in [2.45, 2.75) is 0 Å². The van der Waals surface area contributed by atoms with Crippen LogP contribution in [0.3, 0.4) is 0 Å². The zero-order valence-corrected chi connectivity index (χ0v) is 11.0. The van der Waals surface area contributed by atoms with Gasteiger partial charge in [0, 0.05) is 0 Å². The minimum Gasteiger partial charge on any atom is -0.506 e. The summed E-state index contributed by atoms with van der Waals surface area (Å²) in [6.45, 7) is 0. The molecule has 7 heteroatoms. The quantitative estimate of drug-likeness (QED) is 0.753. The second-order valence-corrected chi connectivity index (χ2v) is 4.38. The first-order valence-electron chi connectivity index (χ1n) is 5.10. The molecule has 0 radical (unpaired) electrons. The van der Waals surface area contributed by atoms with E-state index in [1.165, 1.54) is 18.2 Å². The van der Waals surface area contributed by atoms with Gasteiger partial charge in [0.05, 0.1) is 11.3 Å². The molecule has 0 aliphatic carbocycles. The molecular formula is C12H8BrNO5. The number of carboxylic acid groups (broad SMARTS) is 1. The van der Waals surface area contributed by atoms with Crippen LogP contribution in [0.1, 0.15) is 20.9 Å². The SMILES string of the molecule is O=C(O)c1ccc(O)c(NC(=O)c2ccc(Br)o2)c1. The summed E-state index contributed by atoms with van der Waals surface area (Å²) in [5, 5.41) is 20.8. The van der Waals surface area contributed by atoms with Gasteiger partial charge in [-0.15, -0.1) is 0 Å². The summed E-state index contributed by atoms with van der Waals surface area (Å²) in [4.78, 5) is 22.6. The predicted molar refractivity (Wildman–Crippen MR) is 69.4 cm³/mol. The number of halogens is 1. The van der Waals surface area contributed by atoms with Gasteiger partial charge in [-0.3, -0.25) is 4.79 Å². The lowest BCUT2D eigenvalue weighted by molar-refractivity contribution is 0.0696. The van der Waals surface area contributed by atoms with Crippen LogP contribution in [0.2, 0.25) is 0 Å². The van der Waals surface area contributed by atoms with E-state index in [1.807, 2.05) is 0 Å². The molecule has 1 amide bonds. The number of carbonyl (C=O) groups excluding carboxylic acids is 1. The van der Waals surface area contributed by atoms with Crippen LogP contribution >= 0.6 is 15.9 Å². The first-order valence-corrected chi connectivity index (χ1v) is 5.89. The largest absolute Gasteiger partial charge is 0.506 e. The average molecular weight is 326 g/mol. The van der Waals surface area contributed by atoms with Crippen LogP contribution in [0.4, 0.5) is 5.69 Å². The van der Waals surface area contributed by atoms with E-state index in [-0.39, 0.29) is 22.8 Å². The molecule has 0 fully saturated rings. The Kier molecular flexibility index (Phi) is 3.57. The van der Waals surface area contributed by atoms with Gasteiger partial charge in [0.15, 0.2) is 10.4 Å². The van der Waals surface area contributed by atoms with E-state index in [2.05, 4.69) is 21.2 Å². The molecular weight excluding hydrogens is 318 g/mol. The van der Waals surface area contributed by atoms with Crippen molar-refractivity contribution < 1.29 is 24.2 Å². The minimum absolute atomic E-state index is 0.00239. The molecule has 1 aromatic heterocycles. The second-order valence-electron chi connectivity index (χ2n) is 3.59. The number of nitrogens with one attached hydrogen (secondary N) is 1. The third-order valence-corrected chi connectivity index (χ3v) is 2.71. The molecule has 3 N–H and O–H groups in total. The maximum Gasteiger partial charge on any atom is 0.335 e. The average Bonchev–Trinajstić information content (AvgIpc) is 2.78. The summed E-state index contributed by atoms with van der Waals surface area (Å²) in [7, 11) is 0. The monoisotopic (exact) mass is 325 g/mol. The lowest BCUT2D eigenvalue weighted by Gasteiger charge is -2.06. The topological polar surface area (TPSA) is 99.8 Å². The molecule has 0 aliphatic rings. The Bertz CT molecular complexity index is 649. The molecule has 2 aromatic rings. The molecule has 1 heterocycles. The van der Waals surface area contributed by atoms with Gasteiger partial charge in [0.1, 0.15) is 5.75 Å². The zero-order valence-electron chi connectivity index (χ0n) is 9.38. The van der Waals surface area contributed by atoms with Gasteiger partial charge in [-0.1, -0.05) is 0 Å². The summed E-state index contributed by atoms with van der Waals surface area (Å²) < 4.78 is 5.43. The molecule has 19 heavy (non-hydrogen) atoms. The third-order valence-electron chi connectivity index (χ3n) is 2.29. The van der Waals surface area contributed by atoms with Crippen LogP contribution in [0.25, 0.3) is 0 Å². The molecule has 2 rings (SSSR count). The lowest BCUT2D eigenvalue weighted by Crippen LogP contribution is -2.11. The lowest BCUT2D eigenvalue weighted by atomic mass is 10.2. The van der Waals surface area contributed by atoms with Crippen LogP contribution in [0.15, 0.2) is 39.4 Å². The standard InChI is InChI=1S/C12H8BrNO5/c13-10-4-3-9(19-10)11(16)14-7-5-6(12(17)18)1-2-8(7)15/h1-5,15H,(H,14,16)(H,17,18). The molecule has 6 nitrogen and oxygen atoms in total. The Morgan fingerprint density at radius 3 is 2.53 bits per heavy atom.